The average molecular weight is 284 g/mol. The number of anilines is 3. The van der Waals surface area contributed by atoms with Gasteiger partial charge in [-0.3, -0.25) is 0 Å². The average Bonchev–Trinajstić information content (AvgIpc) is 2.44. The maximum atomic E-state index is 12.0. The monoisotopic (exact) mass is 284 g/mol. The number of nitrogens with zero attached hydrogens (tertiary/aromatic N) is 1. The van der Waals surface area contributed by atoms with E-state index in [4.69, 9.17) is 10.5 Å². The van der Waals surface area contributed by atoms with Crippen molar-refractivity contribution in [2.75, 3.05) is 24.8 Å². The molecule has 110 valence electrons. The maximum absolute atomic E-state index is 12.0. The summed E-state index contributed by atoms with van der Waals surface area (Å²) in [6, 6.07) is 11.5. The van der Waals surface area contributed by atoms with Gasteiger partial charge >= 0.3 is 5.97 Å². The molecule has 4 nitrogen and oxygen atoms in total. The fourth-order valence-corrected chi connectivity index (χ4v) is 2.48. The molecule has 0 unspecified atom stereocenters. The van der Waals surface area contributed by atoms with Crippen LogP contribution < -0.4 is 10.6 Å². The van der Waals surface area contributed by atoms with Crippen molar-refractivity contribution in [1.29, 1.82) is 0 Å². The van der Waals surface area contributed by atoms with Gasteiger partial charge in [0, 0.05) is 12.7 Å². The molecule has 2 aromatic rings. The number of benzene rings is 2. The van der Waals surface area contributed by atoms with Crippen LogP contribution in [0.4, 0.5) is 17.1 Å². The SMILES string of the molecule is COC(=O)c1cccc(N)c1N(C)c1cc(C)cc(C)c1. The first-order chi connectivity index (χ1) is 9.93. The summed E-state index contributed by atoms with van der Waals surface area (Å²) in [7, 11) is 3.26. The van der Waals surface area contributed by atoms with Crippen LogP contribution in [-0.2, 0) is 4.74 Å². The van der Waals surface area contributed by atoms with Gasteiger partial charge in [0.15, 0.2) is 0 Å². The van der Waals surface area contributed by atoms with Crippen molar-refractivity contribution in [2.24, 2.45) is 0 Å². The number of esters is 1. The van der Waals surface area contributed by atoms with Gasteiger partial charge < -0.3 is 15.4 Å². The Bertz CT molecular complexity index is 660. The number of nitrogen functional groups attached to an aromatic ring is 1. The Balaban J connectivity index is 2.57. The largest absolute Gasteiger partial charge is 0.465 e. The van der Waals surface area contributed by atoms with Crippen molar-refractivity contribution < 1.29 is 9.53 Å². The van der Waals surface area contributed by atoms with E-state index in [9.17, 15) is 4.79 Å². The van der Waals surface area contributed by atoms with Gasteiger partial charge in [0.25, 0.3) is 0 Å². The van der Waals surface area contributed by atoms with Gasteiger partial charge in [-0.25, -0.2) is 4.79 Å². The lowest BCUT2D eigenvalue weighted by atomic mass is 10.1. The third kappa shape index (κ3) is 2.99. The number of ether oxygens (including phenoxy) is 1. The highest BCUT2D eigenvalue weighted by Crippen LogP contribution is 2.33. The minimum Gasteiger partial charge on any atom is -0.465 e. The molecule has 0 fully saturated rings. The standard InChI is InChI=1S/C17H20N2O2/c1-11-8-12(2)10-13(9-11)19(3)16-14(17(20)21-4)6-5-7-15(16)18/h5-10H,18H2,1-4H3. The number of methoxy groups -OCH3 is 1. The molecule has 2 rings (SSSR count). The van der Waals surface area contributed by atoms with Crippen molar-refractivity contribution in [2.45, 2.75) is 13.8 Å². The summed E-state index contributed by atoms with van der Waals surface area (Å²) in [5.74, 6) is -0.395. The van der Waals surface area contributed by atoms with Crippen molar-refractivity contribution in [1.82, 2.24) is 0 Å². The van der Waals surface area contributed by atoms with E-state index in [0.29, 0.717) is 16.9 Å². The lowest BCUT2D eigenvalue weighted by molar-refractivity contribution is 0.0601. The number of carbonyl (C=O) groups is 1. The van der Waals surface area contributed by atoms with Crippen molar-refractivity contribution >= 4 is 23.0 Å². The van der Waals surface area contributed by atoms with Gasteiger partial charge in [0.1, 0.15) is 0 Å². The number of hydrogen-bond donors (Lipinski definition) is 1. The van der Waals surface area contributed by atoms with E-state index in [0.717, 1.165) is 16.8 Å². The van der Waals surface area contributed by atoms with Crippen LogP contribution in [0.1, 0.15) is 21.5 Å². The van der Waals surface area contributed by atoms with E-state index in [1.807, 2.05) is 25.8 Å². The first kappa shape index (κ1) is 14.9. The van der Waals surface area contributed by atoms with Crippen molar-refractivity contribution in [3.63, 3.8) is 0 Å². The Hall–Kier alpha value is -2.49. The highest BCUT2D eigenvalue weighted by molar-refractivity contribution is 6.00. The summed E-state index contributed by atoms with van der Waals surface area (Å²) >= 11 is 0. The Morgan fingerprint density at radius 3 is 2.33 bits per heavy atom. The molecular formula is C17H20N2O2. The van der Waals surface area contributed by atoms with Gasteiger partial charge in [-0.15, -0.1) is 0 Å². The van der Waals surface area contributed by atoms with E-state index >= 15 is 0 Å². The highest BCUT2D eigenvalue weighted by atomic mass is 16.5. The first-order valence-electron chi connectivity index (χ1n) is 6.73. The van der Waals surface area contributed by atoms with E-state index in [-0.39, 0.29) is 0 Å². The van der Waals surface area contributed by atoms with Crippen molar-refractivity contribution in [3.8, 4) is 0 Å². The molecule has 0 heterocycles. The predicted octanol–water partition coefficient (Wildman–Crippen LogP) is 3.44. The number of rotatable bonds is 3. The number of nitrogens with two attached hydrogens (primary N) is 1. The number of para-hydroxylation sites is 1. The third-order valence-electron chi connectivity index (χ3n) is 3.40. The first-order valence-corrected chi connectivity index (χ1v) is 6.73. The molecule has 0 atom stereocenters. The van der Waals surface area contributed by atoms with Crippen LogP contribution in [0.25, 0.3) is 0 Å². The molecule has 0 saturated heterocycles. The fourth-order valence-electron chi connectivity index (χ4n) is 2.48. The lowest BCUT2D eigenvalue weighted by Crippen LogP contribution is -2.17. The molecular weight excluding hydrogens is 264 g/mol. The summed E-state index contributed by atoms with van der Waals surface area (Å²) in [6.07, 6.45) is 0. The van der Waals surface area contributed by atoms with Crippen LogP contribution in [0.5, 0.6) is 0 Å². The molecule has 0 spiro atoms. The zero-order chi connectivity index (χ0) is 15.6. The Morgan fingerprint density at radius 1 is 1.14 bits per heavy atom. The minimum absolute atomic E-state index is 0.395. The molecule has 0 aliphatic carbocycles. The Kier molecular flexibility index (Phi) is 4.17. The van der Waals surface area contributed by atoms with Crippen LogP contribution in [0.15, 0.2) is 36.4 Å². The summed E-state index contributed by atoms with van der Waals surface area (Å²) < 4.78 is 4.84. The summed E-state index contributed by atoms with van der Waals surface area (Å²) in [5, 5.41) is 0. The summed E-state index contributed by atoms with van der Waals surface area (Å²) in [6.45, 7) is 4.08. The van der Waals surface area contributed by atoms with Crippen LogP contribution in [0.2, 0.25) is 0 Å². The van der Waals surface area contributed by atoms with Crippen LogP contribution >= 0.6 is 0 Å². The topological polar surface area (TPSA) is 55.6 Å². The fraction of sp³-hybridized carbons (Fsp3) is 0.235. The normalized spacial score (nSPS) is 10.3. The van der Waals surface area contributed by atoms with Gasteiger partial charge in [0.05, 0.1) is 24.0 Å². The van der Waals surface area contributed by atoms with Crippen LogP contribution in [0.3, 0.4) is 0 Å². The van der Waals surface area contributed by atoms with Crippen molar-refractivity contribution in [3.05, 3.63) is 53.1 Å². The molecule has 0 bridgehead atoms. The molecule has 4 heteroatoms. The summed E-state index contributed by atoms with van der Waals surface area (Å²) in [4.78, 5) is 13.9. The molecule has 0 aliphatic rings. The highest BCUT2D eigenvalue weighted by Gasteiger charge is 2.18. The van der Waals surface area contributed by atoms with E-state index in [1.54, 1.807) is 18.2 Å². The second-order valence-corrected chi connectivity index (χ2v) is 5.14. The molecule has 0 amide bonds. The molecule has 0 aromatic heterocycles. The number of hydrogen-bond acceptors (Lipinski definition) is 4. The molecule has 0 aliphatic heterocycles. The second kappa shape index (κ2) is 5.87. The molecule has 0 saturated carbocycles. The van der Waals surface area contributed by atoms with Gasteiger partial charge in [0.2, 0.25) is 0 Å². The van der Waals surface area contributed by atoms with Crippen LogP contribution in [-0.4, -0.2) is 20.1 Å². The maximum Gasteiger partial charge on any atom is 0.340 e. The third-order valence-corrected chi connectivity index (χ3v) is 3.40. The predicted molar refractivity (Wildman–Crippen MR) is 86.2 cm³/mol. The van der Waals surface area contributed by atoms with Crippen LogP contribution in [0, 0.1) is 13.8 Å². The molecule has 0 radical (unpaired) electrons. The quantitative estimate of drug-likeness (QED) is 0.693. The molecule has 2 aromatic carbocycles. The second-order valence-electron chi connectivity index (χ2n) is 5.14. The summed E-state index contributed by atoms with van der Waals surface area (Å²) in [5.41, 5.74) is 11.0. The minimum atomic E-state index is -0.395. The zero-order valence-corrected chi connectivity index (χ0v) is 12.8. The Labute approximate surface area is 125 Å². The molecule has 2 N–H and O–H groups in total. The van der Waals surface area contributed by atoms with E-state index in [2.05, 4.69) is 18.2 Å². The number of aryl methyl sites for hydroxylation is 2. The van der Waals surface area contributed by atoms with E-state index < -0.39 is 5.97 Å². The van der Waals surface area contributed by atoms with E-state index in [1.165, 1.54) is 7.11 Å². The van der Waals surface area contributed by atoms with Gasteiger partial charge in [-0.1, -0.05) is 12.1 Å². The Morgan fingerprint density at radius 2 is 1.76 bits per heavy atom. The smallest absolute Gasteiger partial charge is 0.340 e. The number of carbonyl (C=O) groups excluding carboxylic acids is 1. The van der Waals surface area contributed by atoms with Gasteiger partial charge in [-0.05, 0) is 49.2 Å². The zero-order valence-electron chi connectivity index (χ0n) is 12.8. The lowest BCUT2D eigenvalue weighted by Gasteiger charge is -2.24. The molecule has 21 heavy (non-hydrogen) atoms. The van der Waals surface area contributed by atoms with Gasteiger partial charge in [-0.2, -0.15) is 0 Å².